The lowest BCUT2D eigenvalue weighted by Crippen LogP contribution is -2.43. The second-order valence-corrected chi connectivity index (χ2v) is 3.49. The van der Waals surface area contributed by atoms with Gasteiger partial charge in [-0.15, -0.1) is 5.10 Å². The van der Waals surface area contributed by atoms with Crippen LogP contribution in [0, 0.1) is 6.92 Å². The molecule has 1 amide bonds. The quantitative estimate of drug-likeness (QED) is 0.614. The first-order valence-electron chi connectivity index (χ1n) is 3.99. The third-order valence-corrected chi connectivity index (χ3v) is 2.47. The minimum Gasteiger partial charge on any atom is -0.480 e. The normalized spacial score (nSPS) is 12.1. The van der Waals surface area contributed by atoms with Crippen LogP contribution in [-0.2, 0) is 4.79 Å². The largest absolute Gasteiger partial charge is 0.480 e. The van der Waals surface area contributed by atoms with Crippen LogP contribution in [0.3, 0.4) is 0 Å². The molecule has 1 rings (SSSR count). The van der Waals surface area contributed by atoms with Gasteiger partial charge < -0.3 is 15.5 Å². The van der Waals surface area contributed by atoms with Crippen molar-refractivity contribution in [3.63, 3.8) is 0 Å². The molecule has 0 fully saturated rings. The molecular weight excluding hydrogens is 222 g/mol. The Kier molecular flexibility index (Phi) is 3.69. The molecule has 1 aromatic heterocycles. The molecule has 1 aromatic rings. The van der Waals surface area contributed by atoms with E-state index in [-0.39, 0.29) is 4.88 Å². The van der Waals surface area contributed by atoms with E-state index < -0.39 is 24.5 Å². The molecule has 3 N–H and O–H groups in total. The van der Waals surface area contributed by atoms with E-state index in [0.717, 1.165) is 11.5 Å². The molecule has 1 atom stereocenters. The zero-order chi connectivity index (χ0) is 11.4. The summed E-state index contributed by atoms with van der Waals surface area (Å²) in [5.41, 5.74) is 0.430. The number of carbonyl (C=O) groups excluding carboxylic acids is 1. The predicted octanol–water partition coefficient (Wildman–Crippen LogP) is -0.978. The maximum Gasteiger partial charge on any atom is 0.328 e. The summed E-state index contributed by atoms with van der Waals surface area (Å²) in [6, 6.07) is -1.31. The van der Waals surface area contributed by atoms with Gasteiger partial charge in [-0.3, -0.25) is 4.79 Å². The molecule has 8 heteroatoms. The maximum atomic E-state index is 11.4. The lowest BCUT2D eigenvalue weighted by atomic mass is 10.3. The van der Waals surface area contributed by atoms with Crippen LogP contribution < -0.4 is 5.32 Å². The minimum atomic E-state index is -1.31. The highest BCUT2D eigenvalue weighted by atomic mass is 32.1. The number of rotatable bonds is 4. The number of amides is 1. The molecule has 0 unspecified atom stereocenters. The molecule has 0 spiro atoms. The van der Waals surface area contributed by atoms with Crippen molar-refractivity contribution in [2.45, 2.75) is 13.0 Å². The first-order valence-corrected chi connectivity index (χ1v) is 4.77. The summed E-state index contributed by atoms with van der Waals surface area (Å²) in [4.78, 5) is 22.2. The summed E-state index contributed by atoms with van der Waals surface area (Å²) in [6.07, 6.45) is 0. The molecule has 0 aliphatic rings. The summed E-state index contributed by atoms with van der Waals surface area (Å²) in [5.74, 6) is -1.88. The van der Waals surface area contributed by atoms with E-state index in [1.54, 1.807) is 6.92 Å². The van der Waals surface area contributed by atoms with Crippen LogP contribution in [0.2, 0.25) is 0 Å². The fourth-order valence-electron chi connectivity index (χ4n) is 0.849. The number of aliphatic carboxylic acids is 1. The number of hydrogen-bond donors (Lipinski definition) is 3. The van der Waals surface area contributed by atoms with Gasteiger partial charge in [0.05, 0.1) is 12.3 Å². The molecule has 0 aliphatic carbocycles. The van der Waals surface area contributed by atoms with Crippen LogP contribution in [0.25, 0.3) is 0 Å². The molecule has 0 saturated carbocycles. The second-order valence-electron chi connectivity index (χ2n) is 2.73. The Morgan fingerprint density at radius 1 is 1.60 bits per heavy atom. The van der Waals surface area contributed by atoms with Crippen molar-refractivity contribution in [3.8, 4) is 0 Å². The lowest BCUT2D eigenvalue weighted by Gasteiger charge is -2.10. The molecule has 0 aromatic carbocycles. The monoisotopic (exact) mass is 231 g/mol. The van der Waals surface area contributed by atoms with E-state index in [4.69, 9.17) is 10.2 Å². The molecule has 1 heterocycles. The number of carbonyl (C=O) groups is 2. The standard InChI is InChI=1S/C7H9N3O4S/c1-3-5(15-10-9-3)6(12)8-4(2-11)7(13)14/h4,11H,2H2,1H3,(H,8,12)(H,13,14)/t4-/m0/s1. The van der Waals surface area contributed by atoms with Crippen LogP contribution in [-0.4, -0.2) is 44.3 Å². The van der Waals surface area contributed by atoms with Crippen molar-refractivity contribution in [2.24, 2.45) is 0 Å². The summed E-state index contributed by atoms with van der Waals surface area (Å²) < 4.78 is 3.54. The number of aliphatic hydroxyl groups excluding tert-OH is 1. The summed E-state index contributed by atoms with van der Waals surface area (Å²) in [7, 11) is 0. The number of aryl methyl sites for hydroxylation is 1. The Labute approximate surface area is 88.9 Å². The zero-order valence-corrected chi connectivity index (χ0v) is 8.61. The van der Waals surface area contributed by atoms with Crippen LogP contribution in [0.4, 0.5) is 0 Å². The maximum absolute atomic E-state index is 11.4. The third-order valence-electron chi connectivity index (χ3n) is 1.64. The van der Waals surface area contributed by atoms with E-state index in [1.807, 2.05) is 0 Å². The molecule has 82 valence electrons. The van der Waals surface area contributed by atoms with Crippen molar-refractivity contribution in [3.05, 3.63) is 10.6 Å². The van der Waals surface area contributed by atoms with E-state index in [0.29, 0.717) is 5.69 Å². The zero-order valence-electron chi connectivity index (χ0n) is 7.80. The van der Waals surface area contributed by atoms with Gasteiger partial charge in [0, 0.05) is 0 Å². The van der Waals surface area contributed by atoms with Crippen molar-refractivity contribution >= 4 is 23.4 Å². The van der Waals surface area contributed by atoms with Gasteiger partial charge in [-0.1, -0.05) is 4.49 Å². The fourth-order valence-corrected chi connectivity index (χ4v) is 1.41. The number of carboxylic acids is 1. The van der Waals surface area contributed by atoms with Crippen LogP contribution in [0.5, 0.6) is 0 Å². The van der Waals surface area contributed by atoms with Crippen molar-refractivity contribution in [1.29, 1.82) is 0 Å². The van der Waals surface area contributed by atoms with Crippen molar-refractivity contribution < 1.29 is 19.8 Å². The average molecular weight is 231 g/mol. The van der Waals surface area contributed by atoms with Crippen LogP contribution >= 0.6 is 11.5 Å². The molecule has 15 heavy (non-hydrogen) atoms. The van der Waals surface area contributed by atoms with Crippen LogP contribution in [0.15, 0.2) is 0 Å². The molecule has 0 aliphatic heterocycles. The first-order chi connectivity index (χ1) is 7.06. The van der Waals surface area contributed by atoms with Gasteiger partial charge in [0.25, 0.3) is 5.91 Å². The highest BCUT2D eigenvalue weighted by Crippen LogP contribution is 2.08. The average Bonchev–Trinajstić information content (AvgIpc) is 2.60. The Morgan fingerprint density at radius 3 is 2.67 bits per heavy atom. The Morgan fingerprint density at radius 2 is 2.27 bits per heavy atom. The molecule has 0 bridgehead atoms. The van der Waals surface area contributed by atoms with E-state index >= 15 is 0 Å². The van der Waals surface area contributed by atoms with Gasteiger partial charge in [-0.25, -0.2) is 4.79 Å². The number of hydrogen-bond acceptors (Lipinski definition) is 6. The van der Waals surface area contributed by atoms with E-state index in [1.165, 1.54) is 0 Å². The SMILES string of the molecule is Cc1nnsc1C(=O)N[C@@H](CO)C(=O)O. The Bertz CT molecular complexity index is 378. The summed E-state index contributed by atoms with van der Waals surface area (Å²) in [5, 5.41) is 23.0. The van der Waals surface area contributed by atoms with Gasteiger partial charge in [0.2, 0.25) is 0 Å². The Balaban J connectivity index is 2.71. The van der Waals surface area contributed by atoms with Gasteiger partial charge in [-0.2, -0.15) is 0 Å². The summed E-state index contributed by atoms with van der Waals surface area (Å²) in [6.45, 7) is 0.930. The van der Waals surface area contributed by atoms with Crippen molar-refractivity contribution in [2.75, 3.05) is 6.61 Å². The lowest BCUT2D eigenvalue weighted by molar-refractivity contribution is -0.140. The Hall–Kier alpha value is -1.54. The van der Waals surface area contributed by atoms with Gasteiger partial charge in [-0.05, 0) is 18.5 Å². The second kappa shape index (κ2) is 4.80. The topological polar surface area (TPSA) is 112 Å². The number of nitrogens with zero attached hydrogens (tertiary/aromatic N) is 2. The molecular formula is C7H9N3O4S. The molecule has 0 radical (unpaired) electrons. The number of aromatic nitrogens is 2. The number of carboxylic acid groups (broad SMARTS) is 1. The van der Waals surface area contributed by atoms with E-state index in [2.05, 4.69) is 14.9 Å². The highest BCUT2D eigenvalue weighted by molar-refractivity contribution is 7.08. The number of aliphatic hydroxyl groups is 1. The van der Waals surface area contributed by atoms with E-state index in [9.17, 15) is 9.59 Å². The molecule has 0 saturated heterocycles. The fraction of sp³-hybridized carbons (Fsp3) is 0.429. The highest BCUT2D eigenvalue weighted by Gasteiger charge is 2.21. The minimum absolute atomic E-state index is 0.245. The number of nitrogens with one attached hydrogen (secondary N) is 1. The smallest absolute Gasteiger partial charge is 0.328 e. The third kappa shape index (κ3) is 2.70. The van der Waals surface area contributed by atoms with Gasteiger partial charge in [0.15, 0.2) is 6.04 Å². The molecule has 7 nitrogen and oxygen atoms in total. The van der Waals surface area contributed by atoms with Gasteiger partial charge in [0.1, 0.15) is 4.88 Å². The van der Waals surface area contributed by atoms with Crippen molar-refractivity contribution in [1.82, 2.24) is 14.9 Å². The van der Waals surface area contributed by atoms with Gasteiger partial charge >= 0.3 is 5.97 Å². The summed E-state index contributed by atoms with van der Waals surface area (Å²) >= 11 is 0.874. The first kappa shape index (κ1) is 11.5. The predicted molar refractivity (Wildman–Crippen MR) is 50.6 cm³/mol. The van der Waals surface area contributed by atoms with Crippen LogP contribution in [0.1, 0.15) is 15.4 Å².